The first-order valence-electron chi connectivity index (χ1n) is 17.0. The maximum absolute atomic E-state index is 2.58. The van der Waals surface area contributed by atoms with Gasteiger partial charge in [0.1, 0.15) is 18.9 Å². The molecule has 0 unspecified atom stereocenters. The molecule has 2 heteroatoms. The zero-order valence-electron chi connectivity index (χ0n) is 25.6. The van der Waals surface area contributed by atoms with Crippen LogP contribution in [0.1, 0.15) is 166 Å². The molecule has 0 radical (unpaired) electrons. The summed E-state index contributed by atoms with van der Waals surface area (Å²) in [5, 5.41) is 0. The SMILES string of the molecule is CCCCCCCCCCCCCCc1n(CCCCCCCCCCCC)cc[n+]1Cc1ccccc1. The van der Waals surface area contributed by atoms with Crippen molar-refractivity contribution in [2.75, 3.05) is 0 Å². The van der Waals surface area contributed by atoms with Crippen LogP contribution in [0.2, 0.25) is 0 Å². The number of rotatable bonds is 26. The van der Waals surface area contributed by atoms with Gasteiger partial charge in [0.2, 0.25) is 0 Å². The predicted molar refractivity (Wildman–Crippen MR) is 167 cm³/mol. The predicted octanol–water partition coefficient (Wildman–Crippen LogP) is 11.0. The molecule has 0 saturated heterocycles. The summed E-state index contributed by atoms with van der Waals surface area (Å²) in [6.07, 6.45) is 37.0. The number of aryl methyl sites for hydroxylation is 1. The summed E-state index contributed by atoms with van der Waals surface area (Å²) in [6, 6.07) is 11.0. The Kier molecular flexibility index (Phi) is 20.0. The van der Waals surface area contributed by atoms with E-state index in [1.165, 1.54) is 166 Å². The lowest BCUT2D eigenvalue weighted by Gasteiger charge is -2.07. The van der Waals surface area contributed by atoms with Gasteiger partial charge in [-0.3, -0.25) is 0 Å². The van der Waals surface area contributed by atoms with Gasteiger partial charge in [-0.1, -0.05) is 166 Å². The third-order valence-corrected chi connectivity index (χ3v) is 8.29. The van der Waals surface area contributed by atoms with Crippen molar-refractivity contribution in [2.24, 2.45) is 0 Å². The Balaban J connectivity index is 1.67. The van der Waals surface area contributed by atoms with Crippen molar-refractivity contribution < 1.29 is 4.57 Å². The van der Waals surface area contributed by atoms with Crippen LogP contribution in [-0.2, 0) is 19.5 Å². The Morgan fingerprint density at radius 3 is 1.47 bits per heavy atom. The molecule has 0 N–H and O–H groups in total. The summed E-state index contributed by atoms with van der Waals surface area (Å²) in [6.45, 7) is 6.79. The lowest BCUT2D eigenvalue weighted by Crippen LogP contribution is -2.37. The zero-order valence-corrected chi connectivity index (χ0v) is 25.6. The second kappa shape index (κ2) is 23.3. The number of aromatic nitrogens is 2. The molecule has 2 nitrogen and oxygen atoms in total. The van der Waals surface area contributed by atoms with Crippen LogP contribution in [-0.4, -0.2) is 4.57 Å². The van der Waals surface area contributed by atoms with E-state index in [-0.39, 0.29) is 0 Å². The number of unbranched alkanes of at least 4 members (excludes halogenated alkanes) is 20. The molecule has 0 amide bonds. The summed E-state index contributed by atoms with van der Waals surface area (Å²) >= 11 is 0. The Morgan fingerprint density at radius 2 is 0.974 bits per heavy atom. The molecule has 0 saturated carbocycles. The van der Waals surface area contributed by atoms with E-state index >= 15 is 0 Å². The Bertz CT molecular complexity index is 763. The van der Waals surface area contributed by atoms with Crippen LogP contribution in [0.3, 0.4) is 0 Å². The molecule has 0 aliphatic carbocycles. The average Bonchev–Trinajstić information content (AvgIpc) is 3.31. The fraction of sp³-hybridized carbons (Fsp3) is 0.750. The van der Waals surface area contributed by atoms with Crippen LogP contribution in [0.4, 0.5) is 0 Å². The van der Waals surface area contributed by atoms with E-state index in [1.54, 1.807) is 0 Å². The highest BCUT2D eigenvalue weighted by Gasteiger charge is 2.17. The molecule has 1 aromatic heterocycles. The highest BCUT2D eigenvalue weighted by molar-refractivity contribution is 5.13. The highest BCUT2D eigenvalue weighted by Crippen LogP contribution is 2.15. The lowest BCUT2D eigenvalue weighted by molar-refractivity contribution is -0.695. The lowest BCUT2D eigenvalue weighted by atomic mass is 10.0. The summed E-state index contributed by atoms with van der Waals surface area (Å²) < 4.78 is 5.09. The van der Waals surface area contributed by atoms with Crippen molar-refractivity contribution in [3.05, 3.63) is 54.1 Å². The molecule has 2 rings (SSSR count). The summed E-state index contributed by atoms with van der Waals surface area (Å²) in [5.41, 5.74) is 1.41. The van der Waals surface area contributed by atoms with Gasteiger partial charge in [-0.2, -0.15) is 0 Å². The zero-order chi connectivity index (χ0) is 26.9. The Labute approximate surface area is 237 Å². The molecular formula is C36H63N2+. The Hall–Kier alpha value is -1.57. The van der Waals surface area contributed by atoms with E-state index < -0.39 is 0 Å². The number of imidazole rings is 1. The first kappa shape index (κ1) is 32.6. The van der Waals surface area contributed by atoms with Crippen LogP contribution in [0.15, 0.2) is 42.7 Å². The van der Waals surface area contributed by atoms with Gasteiger partial charge in [-0.25, -0.2) is 9.13 Å². The van der Waals surface area contributed by atoms with Crippen molar-refractivity contribution in [1.82, 2.24) is 4.57 Å². The summed E-state index contributed by atoms with van der Waals surface area (Å²) in [5.74, 6) is 1.54. The second-order valence-electron chi connectivity index (χ2n) is 11.8. The normalized spacial score (nSPS) is 11.4. The first-order chi connectivity index (χ1) is 18.8. The largest absolute Gasteiger partial charge is 0.256 e. The second-order valence-corrected chi connectivity index (χ2v) is 11.8. The average molecular weight is 524 g/mol. The Morgan fingerprint density at radius 1 is 0.526 bits per heavy atom. The van der Waals surface area contributed by atoms with Gasteiger partial charge in [0.05, 0.1) is 6.54 Å². The monoisotopic (exact) mass is 523 g/mol. The summed E-state index contributed by atoms with van der Waals surface area (Å²) in [7, 11) is 0. The quantitative estimate of drug-likeness (QED) is 0.0856. The van der Waals surface area contributed by atoms with Gasteiger partial charge >= 0.3 is 0 Å². The molecule has 0 atom stereocenters. The van der Waals surface area contributed by atoms with E-state index in [0.717, 1.165) is 6.54 Å². The van der Waals surface area contributed by atoms with Gasteiger partial charge in [0, 0.05) is 6.42 Å². The van der Waals surface area contributed by atoms with Gasteiger partial charge in [0.15, 0.2) is 0 Å². The number of hydrogen-bond acceptors (Lipinski definition) is 0. The maximum atomic E-state index is 2.58. The number of hydrogen-bond donors (Lipinski definition) is 0. The molecule has 0 spiro atoms. The minimum atomic E-state index is 0.999. The maximum Gasteiger partial charge on any atom is 0.256 e. The van der Waals surface area contributed by atoms with Crippen LogP contribution in [0.25, 0.3) is 0 Å². The number of benzene rings is 1. The third kappa shape index (κ3) is 15.7. The fourth-order valence-electron chi connectivity index (χ4n) is 5.81. The van der Waals surface area contributed by atoms with E-state index in [9.17, 15) is 0 Å². The number of nitrogens with zero attached hydrogens (tertiary/aromatic N) is 2. The molecule has 216 valence electrons. The van der Waals surface area contributed by atoms with Crippen LogP contribution in [0, 0.1) is 0 Å². The van der Waals surface area contributed by atoms with Crippen LogP contribution < -0.4 is 4.57 Å². The molecule has 1 aromatic carbocycles. The van der Waals surface area contributed by atoms with Crippen molar-refractivity contribution in [3.63, 3.8) is 0 Å². The van der Waals surface area contributed by atoms with Crippen LogP contribution in [0.5, 0.6) is 0 Å². The van der Waals surface area contributed by atoms with Gasteiger partial charge < -0.3 is 0 Å². The topological polar surface area (TPSA) is 8.81 Å². The standard InChI is InChI=1S/C36H63N2/c1-3-5-7-9-11-13-15-16-17-19-21-26-30-36-37(31-27-22-20-18-14-12-10-8-6-4-2)32-33-38(36)34-35-28-24-23-25-29-35/h23-25,28-29,32-33H,3-22,26-27,30-31,34H2,1-2H3/q+1. The highest BCUT2D eigenvalue weighted by atomic mass is 15.1. The molecule has 1 heterocycles. The van der Waals surface area contributed by atoms with Crippen molar-refractivity contribution in [1.29, 1.82) is 0 Å². The molecule has 0 fully saturated rings. The van der Waals surface area contributed by atoms with Crippen molar-refractivity contribution >= 4 is 0 Å². The van der Waals surface area contributed by atoms with Crippen molar-refractivity contribution in [3.8, 4) is 0 Å². The molecule has 0 aliphatic heterocycles. The fourth-order valence-corrected chi connectivity index (χ4v) is 5.81. The molecular weight excluding hydrogens is 460 g/mol. The van der Waals surface area contributed by atoms with Crippen LogP contribution >= 0.6 is 0 Å². The minimum Gasteiger partial charge on any atom is -0.234 e. The summed E-state index contributed by atoms with van der Waals surface area (Å²) in [4.78, 5) is 0. The third-order valence-electron chi connectivity index (χ3n) is 8.29. The van der Waals surface area contributed by atoms with Crippen molar-refractivity contribution in [2.45, 2.75) is 175 Å². The van der Waals surface area contributed by atoms with Gasteiger partial charge in [-0.15, -0.1) is 0 Å². The molecule has 2 aromatic rings. The van der Waals surface area contributed by atoms with Gasteiger partial charge in [0.25, 0.3) is 5.82 Å². The van der Waals surface area contributed by atoms with E-state index in [0.29, 0.717) is 0 Å². The first-order valence-corrected chi connectivity index (χ1v) is 17.0. The molecule has 0 bridgehead atoms. The van der Waals surface area contributed by atoms with E-state index in [1.807, 2.05) is 0 Å². The van der Waals surface area contributed by atoms with E-state index in [4.69, 9.17) is 0 Å². The smallest absolute Gasteiger partial charge is 0.234 e. The molecule has 38 heavy (non-hydrogen) atoms. The van der Waals surface area contributed by atoms with Gasteiger partial charge in [-0.05, 0) is 24.8 Å². The minimum absolute atomic E-state index is 0.999. The van der Waals surface area contributed by atoms with E-state index in [2.05, 4.69) is 65.7 Å². The molecule has 0 aliphatic rings.